The van der Waals surface area contributed by atoms with Gasteiger partial charge in [-0.05, 0) is 48.2 Å². The molecule has 1 heterocycles. The van der Waals surface area contributed by atoms with Crippen LogP contribution in [0.15, 0.2) is 57.7 Å². The molecule has 112 valence electrons. The number of rotatable bonds is 4. The Balaban J connectivity index is 1.99. The van der Waals surface area contributed by atoms with Gasteiger partial charge in [-0.25, -0.2) is 4.39 Å². The SMILES string of the molecule is CSc1ccc(C(=O)C(=C2SCS2)c2ccc(F)cc2)cc1. The number of carbonyl (C=O) groups excluding carboxylic acids is 1. The summed E-state index contributed by atoms with van der Waals surface area (Å²) in [5, 5.41) is 0.957. The van der Waals surface area contributed by atoms with Crippen LogP contribution < -0.4 is 0 Å². The van der Waals surface area contributed by atoms with Crippen LogP contribution in [-0.4, -0.2) is 17.1 Å². The number of benzene rings is 2. The molecule has 2 aromatic carbocycles. The Kier molecular flexibility index (Phi) is 4.96. The zero-order valence-electron chi connectivity index (χ0n) is 11.8. The molecule has 0 aromatic heterocycles. The van der Waals surface area contributed by atoms with E-state index in [1.165, 1.54) is 12.1 Å². The lowest BCUT2D eigenvalue weighted by Gasteiger charge is -2.20. The lowest BCUT2D eigenvalue weighted by atomic mass is 9.98. The predicted molar refractivity (Wildman–Crippen MR) is 95.9 cm³/mol. The van der Waals surface area contributed by atoms with Gasteiger partial charge in [-0.3, -0.25) is 4.79 Å². The van der Waals surface area contributed by atoms with Crippen molar-refractivity contribution in [2.45, 2.75) is 4.90 Å². The van der Waals surface area contributed by atoms with Crippen LogP contribution in [0, 0.1) is 5.82 Å². The van der Waals surface area contributed by atoms with Crippen LogP contribution in [0.25, 0.3) is 5.57 Å². The molecule has 0 N–H and O–H groups in total. The van der Waals surface area contributed by atoms with Crippen molar-refractivity contribution >= 4 is 46.6 Å². The third-order valence-corrected chi connectivity index (χ3v) is 6.62. The van der Waals surface area contributed by atoms with Gasteiger partial charge in [0, 0.05) is 21.1 Å². The van der Waals surface area contributed by atoms with Gasteiger partial charge >= 0.3 is 0 Å². The second-order valence-electron chi connectivity index (χ2n) is 4.63. The van der Waals surface area contributed by atoms with E-state index in [4.69, 9.17) is 0 Å². The molecule has 0 bridgehead atoms. The molecule has 1 nitrogen and oxygen atoms in total. The minimum atomic E-state index is -0.293. The third kappa shape index (κ3) is 3.26. The number of hydrogen-bond acceptors (Lipinski definition) is 4. The molecule has 0 amide bonds. The minimum Gasteiger partial charge on any atom is -0.289 e. The van der Waals surface area contributed by atoms with Crippen molar-refractivity contribution in [3.63, 3.8) is 0 Å². The summed E-state index contributed by atoms with van der Waals surface area (Å²) in [6, 6.07) is 13.7. The van der Waals surface area contributed by atoms with E-state index in [1.54, 1.807) is 47.4 Å². The van der Waals surface area contributed by atoms with Crippen molar-refractivity contribution in [2.24, 2.45) is 0 Å². The Bertz CT molecular complexity index is 715. The number of Topliss-reactive ketones (excluding diaryl/α,β-unsaturated/α-hetero) is 1. The van der Waals surface area contributed by atoms with E-state index in [9.17, 15) is 9.18 Å². The summed E-state index contributed by atoms with van der Waals surface area (Å²) in [6.07, 6.45) is 2.00. The summed E-state index contributed by atoms with van der Waals surface area (Å²) in [5.74, 6) is -0.298. The molecule has 0 radical (unpaired) electrons. The Morgan fingerprint density at radius 2 is 1.59 bits per heavy atom. The van der Waals surface area contributed by atoms with Crippen LogP contribution >= 0.6 is 35.3 Å². The third-order valence-electron chi connectivity index (χ3n) is 3.30. The Morgan fingerprint density at radius 1 is 1.00 bits per heavy atom. The topological polar surface area (TPSA) is 17.1 Å². The lowest BCUT2D eigenvalue weighted by molar-refractivity contribution is 0.105. The molecule has 2 aromatic rings. The van der Waals surface area contributed by atoms with Crippen molar-refractivity contribution in [1.82, 2.24) is 0 Å². The molecular weight excluding hydrogens is 335 g/mol. The first-order chi connectivity index (χ1) is 10.7. The number of thioether (sulfide) groups is 3. The summed E-state index contributed by atoms with van der Waals surface area (Å²) in [4.78, 5) is 14.0. The van der Waals surface area contributed by atoms with E-state index >= 15 is 0 Å². The number of halogens is 1. The second kappa shape index (κ2) is 6.94. The van der Waals surface area contributed by atoms with Gasteiger partial charge in [0.2, 0.25) is 0 Å². The molecule has 0 atom stereocenters. The van der Waals surface area contributed by atoms with Crippen molar-refractivity contribution in [3.8, 4) is 0 Å². The maximum atomic E-state index is 13.1. The molecule has 1 aliphatic heterocycles. The van der Waals surface area contributed by atoms with E-state index in [-0.39, 0.29) is 11.6 Å². The van der Waals surface area contributed by atoms with E-state index in [0.717, 1.165) is 19.8 Å². The zero-order chi connectivity index (χ0) is 15.5. The summed E-state index contributed by atoms with van der Waals surface area (Å²) >= 11 is 4.98. The molecule has 0 saturated carbocycles. The quantitative estimate of drug-likeness (QED) is 0.410. The molecule has 0 unspecified atom stereocenters. The van der Waals surface area contributed by atoms with E-state index in [1.807, 2.05) is 30.5 Å². The number of allylic oxidation sites excluding steroid dienone is 1. The summed E-state index contributed by atoms with van der Waals surface area (Å²) in [6.45, 7) is 0. The average molecular weight is 348 g/mol. The van der Waals surface area contributed by atoms with Gasteiger partial charge in [0.25, 0.3) is 0 Å². The molecule has 1 aliphatic rings. The normalized spacial score (nSPS) is 13.6. The van der Waals surface area contributed by atoms with Gasteiger partial charge in [-0.15, -0.1) is 35.3 Å². The summed E-state index contributed by atoms with van der Waals surface area (Å²) in [5.41, 5.74) is 2.12. The molecule has 3 rings (SSSR count). The van der Waals surface area contributed by atoms with Crippen molar-refractivity contribution in [3.05, 3.63) is 69.7 Å². The van der Waals surface area contributed by atoms with Crippen molar-refractivity contribution in [1.29, 1.82) is 0 Å². The standard InChI is InChI=1S/C17H13FOS3/c1-20-14-8-4-12(5-9-14)16(19)15(17-21-10-22-17)11-2-6-13(18)7-3-11/h2-9H,10H2,1H3. The Hall–Kier alpha value is -1.17. The van der Waals surface area contributed by atoms with Gasteiger partial charge in [0.1, 0.15) is 5.82 Å². The van der Waals surface area contributed by atoms with Crippen LogP contribution in [0.5, 0.6) is 0 Å². The van der Waals surface area contributed by atoms with E-state index in [0.29, 0.717) is 11.1 Å². The zero-order valence-corrected chi connectivity index (χ0v) is 14.3. The van der Waals surface area contributed by atoms with Gasteiger partial charge in [0.05, 0.1) is 4.24 Å². The summed E-state index contributed by atoms with van der Waals surface area (Å²) in [7, 11) is 0. The maximum absolute atomic E-state index is 13.1. The average Bonchev–Trinajstić information content (AvgIpc) is 2.51. The van der Waals surface area contributed by atoms with Crippen molar-refractivity contribution in [2.75, 3.05) is 11.3 Å². The van der Waals surface area contributed by atoms with Crippen molar-refractivity contribution < 1.29 is 9.18 Å². The van der Waals surface area contributed by atoms with Crippen LogP contribution in [0.4, 0.5) is 4.39 Å². The van der Waals surface area contributed by atoms with Gasteiger partial charge in [-0.1, -0.05) is 12.1 Å². The highest BCUT2D eigenvalue weighted by molar-refractivity contribution is 8.37. The van der Waals surface area contributed by atoms with E-state index < -0.39 is 0 Å². The minimum absolute atomic E-state index is 0.00559. The number of hydrogen-bond donors (Lipinski definition) is 0. The maximum Gasteiger partial charge on any atom is 0.195 e. The van der Waals surface area contributed by atoms with Crippen LogP contribution in [0.1, 0.15) is 15.9 Å². The van der Waals surface area contributed by atoms with Gasteiger partial charge in [-0.2, -0.15) is 0 Å². The Morgan fingerprint density at radius 3 is 2.09 bits per heavy atom. The number of carbonyl (C=O) groups is 1. The van der Waals surface area contributed by atoms with E-state index in [2.05, 4.69) is 0 Å². The smallest absolute Gasteiger partial charge is 0.195 e. The van der Waals surface area contributed by atoms with Gasteiger partial charge < -0.3 is 0 Å². The number of ketones is 1. The largest absolute Gasteiger partial charge is 0.289 e. The molecule has 22 heavy (non-hydrogen) atoms. The molecule has 1 saturated heterocycles. The molecule has 0 spiro atoms. The molecule has 5 heteroatoms. The Labute approximate surface area is 141 Å². The molecule has 0 aliphatic carbocycles. The predicted octanol–water partition coefficient (Wildman–Crippen LogP) is 5.54. The fourth-order valence-electron chi connectivity index (χ4n) is 2.11. The second-order valence-corrected chi connectivity index (χ2v) is 8.11. The summed E-state index contributed by atoms with van der Waals surface area (Å²) < 4.78 is 14.2. The first-order valence-electron chi connectivity index (χ1n) is 6.63. The lowest BCUT2D eigenvalue weighted by Crippen LogP contribution is -2.07. The van der Waals surface area contributed by atoms with Crippen LogP contribution in [0.3, 0.4) is 0 Å². The molecule has 1 fully saturated rings. The fraction of sp³-hybridized carbons (Fsp3) is 0.118. The van der Waals surface area contributed by atoms with Crippen LogP contribution in [-0.2, 0) is 0 Å². The highest BCUT2D eigenvalue weighted by Crippen LogP contribution is 2.48. The monoisotopic (exact) mass is 348 g/mol. The van der Waals surface area contributed by atoms with Crippen LogP contribution in [0.2, 0.25) is 0 Å². The van der Waals surface area contributed by atoms with Gasteiger partial charge in [0.15, 0.2) is 5.78 Å². The molecular formula is C17H13FOS3. The highest BCUT2D eigenvalue weighted by Gasteiger charge is 2.24. The first kappa shape index (κ1) is 15.7. The first-order valence-corrected chi connectivity index (χ1v) is 9.83. The fourth-order valence-corrected chi connectivity index (χ4v) is 4.17. The highest BCUT2D eigenvalue weighted by atomic mass is 32.3.